The third-order valence-electron chi connectivity index (χ3n) is 5.75. The highest BCUT2D eigenvalue weighted by Gasteiger charge is 2.33. The molecule has 0 radical (unpaired) electrons. The van der Waals surface area contributed by atoms with Crippen molar-refractivity contribution in [3.05, 3.63) is 35.9 Å². The third kappa shape index (κ3) is 10.0. The van der Waals surface area contributed by atoms with Crippen LogP contribution in [0.15, 0.2) is 30.3 Å². The van der Waals surface area contributed by atoms with Crippen LogP contribution in [0.5, 0.6) is 0 Å². The predicted molar refractivity (Wildman–Crippen MR) is 130 cm³/mol. The number of rotatable bonds is 15. The van der Waals surface area contributed by atoms with E-state index in [1.54, 1.807) is 44.2 Å². The SMILES string of the molecule is CCC(C)C(NC(=O)C(CCC(=O)O)NC(=O)C(NC(=O)C(N)Cc1ccccc1)C(C)O)C(=O)O. The minimum absolute atomic E-state index is 0.177. The molecule has 0 saturated carbocycles. The summed E-state index contributed by atoms with van der Waals surface area (Å²) in [5.74, 6) is -5.50. The van der Waals surface area contributed by atoms with Gasteiger partial charge in [0.15, 0.2) is 0 Å². The fraction of sp³-hybridized carbons (Fsp3) is 0.542. The van der Waals surface area contributed by atoms with E-state index >= 15 is 0 Å². The lowest BCUT2D eigenvalue weighted by molar-refractivity contribution is -0.144. The standard InChI is InChI=1S/C24H36N4O8/c1-4-13(2)19(24(35)36)27-22(33)17(10-11-18(30)31)26-23(34)20(14(3)29)28-21(32)16(25)12-15-8-6-5-7-9-15/h5-9,13-14,16-17,19-20,29H,4,10-12,25H2,1-3H3,(H,26,34)(H,27,33)(H,28,32)(H,30,31)(H,35,36). The van der Waals surface area contributed by atoms with Gasteiger partial charge in [-0.1, -0.05) is 50.6 Å². The van der Waals surface area contributed by atoms with Crippen molar-refractivity contribution in [2.75, 3.05) is 0 Å². The van der Waals surface area contributed by atoms with Crippen molar-refractivity contribution in [3.63, 3.8) is 0 Å². The zero-order valence-electron chi connectivity index (χ0n) is 20.6. The highest BCUT2D eigenvalue weighted by atomic mass is 16.4. The molecule has 200 valence electrons. The van der Waals surface area contributed by atoms with Crippen LogP contribution >= 0.6 is 0 Å². The molecule has 12 nitrogen and oxygen atoms in total. The molecule has 1 rings (SSSR count). The van der Waals surface area contributed by atoms with Gasteiger partial charge in [-0.25, -0.2) is 4.79 Å². The van der Waals surface area contributed by atoms with Crippen LogP contribution in [0.2, 0.25) is 0 Å². The molecule has 0 bridgehead atoms. The van der Waals surface area contributed by atoms with E-state index in [9.17, 15) is 34.2 Å². The van der Waals surface area contributed by atoms with Crippen LogP contribution in [0.1, 0.15) is 45.6 Å². The fourth-order valence-corrected chi connectivity index (χ4v) is 3.36. The van der Waals surface area contributed by atoms with Crippen LogP contribution in [0.3, 0.4) is 0 Å². The topological polar surface area (TPSA) is 208 Å². The van der Waals surface area contributed by atoms with Gasteiger partial charge in [0, 0.05) is 6.42 Å². The number of aliphatic hydroxyl groups is 1. The summed E-state index contributed by atoms with van der Waals surface area (Å²) in [6.07, 6.45) is -1.59. The first-order valence-corrected chi connectivity index (χ1v) is 11.7. The number of benzene rings is 1. The molecule has 3 amide bonds. The average molecular weight is 509 g/mol. The number of carboxylic acids is 2. The van der Waals surface area contributed by atoms with E-state index in [1.165, 1.54) is 6.92 Å². The normalized spacial score (nSPS) is 15.9. The number of amides is 3. The number of carbonyl (C=O) groups is 5. The van der Waals surface area contributed by atoms with Gasteiger partial charge < -0.3 is 37.0 Å². The van der Waals surface area contributed by atoms with E-state index in [-0.39, 0.29) is 12.8 Å². The molecule has 6 atom stereocenters. The molecule has 0 fully saturated rings. The zero-order valence-corrected chi connectivity index (χ0v) is 20.6. The molecule has 0 aliphatic heterocycles. The van der Waals surface area contributed by atoms with Gasteiger partial charge in [-0.3, -0.25) is 19.2 Å². The largest absolute Gasteiger partial charge is 0.481 e. The minimum atomic E-state index is -1.50. The predicted octanol–water partition coefficient (Wildman–Crippen LogP) is -0.613. The number of nitrogens with one attached hydrogen (secondary N) is 3. The maximum Gasteiger partial charge on any atom is 0.326 e. The Morgan fingerprint density at radius 1 is 0.889 bits per heavy atom. The molecular weight excluding hydrogens is 472 g/mol. The van der Waals surface area contributed by atoms with Gasteiger partial charge in [-0.05, 0) is 31.2 Å². The maximum atomic E-state index is 12.9. The third-order valence-corrected chi connectivity index (χ3v) is 5.75. The molecule has 36 heavy (non-hydrogen) atoms. The van der Waals surface area contributed by atoms with Crippen molar-refractivity contribution in [2.45, 2.75) is 76.7 Å². The lowest BCUT2D eigenvalue weighted by Crippen LogP contribution is -2.60. The average Bonchev–Trinajstić information content (AvgIpc) is 2.82. The first-order valence-electron chi connectivity index (χ1n) is 11.7. The Labute approximate surface area is 209 Å². The van der Waals surface area contributed by atoms with Gasteiger partial charge in [-0.15, -0.1) is 0 Å². The number of aliphatic hydroxyl groups excluding tert-OH is 1. The first kappa shape index (κ1) is 30.5. The molecule has 0 aliphatic rings. The van der Waals surface area contributed by atoms with E-state index in [0.29, 0.717) is 6.42 Å². The Morgan fingerprint density at radius 3 is 1.97 bits per heavy atom. The van der Waals surface area contributed by atoms with Gasteiger partial charge in [0.1, 0.15) is 18.1 Å². The van der Waals surface area contributed by atoms with Gasteiger partial charge >= 0.3 is 11.9 Å². The summed E-state index contributed by atoms with van der Waals surface area (Å²) in [5.41, 5.74) is 6.73. The second kappa shape index (κ2) is 14.8. The van der Waals surface area contributed by atoms with Crippen LogP contribution < -0.4 is 21.7 Å². The first-order chi connectivity index (χ1) is 16.9. The molecule has 0 spiro atoms. The molecule has 1 aromatic rings. The lowest BCUT2D eigenvalue weighted by atomic mass is 9.98. The molecule has 8 N–H and O–H groups in total. The molecule has 0 aliphatic carbocycles. The summed E-state index contributed by atoms with van der Waals surface area (Å²) in [6, 6.07) is 3.73. The van der Waals surface area contributed by atoms with Crippen LogP contribution in [-0.4, -0.2) is 75.3 Å². The van der Waals surface area contributed by atoms with Crippen molar-refractivity contribution in [2.24, 2.45) is 11.7 Å². The summed E-state index contributed by atoms with van der Waals surface area (Å²) in [4.78, 5) is 60.9. The van der Waals surface area contributed by atoms with Gasteiger partial charge in [-0.2, -0.15) is 0 Å². The van der Waals surface area contributed by atoms with E-state index in [1.807, 2.05) is 0 Å². The Balaban J connectivity index is 2.97. The number of hydrogen-bond acceptors (Lipinski definition) is 7. The monoisotopic (exact) mass is 508 g/mol. The summed E-state index contributed by atoms with van der Waals surface area (Å²) < 4.78 is 0. The minimum Gasteiger partial charge on any atom is -0.481 e. The smallest absolute Gasteiger partial charge is 0.326 e. The van der Waals surface area contributed by atoms with Crippen LogP contribution in [0.25, 0.3) is 0 Å². The Kier molecular flexibility index (Phi) is 12.5. The van der Waals surface area contributed by atoms with Gasteiger partial charge in [0.2, 0.25) is 17.7 Å². The van der Waals surface area contributed by atoms with Crippen molar-refractivity contribution >= 4 is 29.7 Å². The number of aliphatic carboxylic acids is 2. The number of nitrogens with two attached hydrogens (primary N) is 1. The highest BCUT2D eigenvalue weighted by molar-refractivity contribution is 5.94. The maximum absolute atomic E-state index is 12.9. The van der Waals surface area contributed by atoms with Crippen LogP contribution in [0, 0.1) is 5.92 Å². The Hall–Kier alpha value is -3.51. The van der Waals surface area contributed by atoms with Crippen molar-refractivity contribution in [3.8, 4) is 0 Å². The summed E-state index contributed by atoms with van der Waals surface area (Å²) in [7, 11) is 0. The van der Waals surface area contributed by atoms with Crippen LogP contribution in [0.4, 0.5) is 0 Å². The molecule has 0 saturated heterocycles. The summed E-state index contributed by atoms with van der Waals surface area (Å²) in [6.45, 7) is 4.62. The molecule has 0 aromatic heterocycles. The second-order valence-electron chi connectivity index (χ2n) is 8.73. The van der Waals surface area contributed by atoms with Crippen LogP contribution in [-0.2, 0) is 30.4 Å². The molecular formula is C24H36N4O8. The number of hydrogen-bond donors (Lipinski definition) is 7. The Bertz CT molecular complexity index is 909. The molecule has 0 heterocycles. The molecule has 1 aromatic carbocycles. The summed E-state index contributed by atoms with van der Waals surface area (Å²) in [5, 5.41) is 35.6. The van der Waals surface area contributed by atoms with E-state index in [0.717, 1.165) is 5.56 Å². The van der Waals surface area contributed by atoms with Crippen molar-refractivity contribution in [1.82, 2.24) is 16.0 Å². The summed E-state index contributed by atoms with van der Waals surface area (Å²) >= 11 is 0. The Morgan fingerprint density at radius 2 is 1.47 bits per heavy atom. The van der Waals surface area contributed by atoms with Gasteiger partial charge in [0.05, 0.1) is 12.1 Å². The van der Waals surface area contributed by atoms with E-state index < -0.39 is 72.3 Å². The van der Waals surface area contributed by atoms with E-state index in [2.05, 4.69) is 16.0 Å². The zero-order chi connectivity index (χ0) is 27.4. The highest BCUT2D eigenvalue weighted by Crippen LogP contribution is 2.10. The van der Waals surface area contributed by atoms with E-state index in [4.69, 9.17) is 10.8 Å². The number of carboxylic acid groups (broad SMARTS) is 2. The molecule has 12 heteroatoms. The second-order valence-corrected chi connectivity index (χ2v) is 8.73. The number of carbonyl (C=O) groups excluding carboxylic acids is 3. The van der Waals surface area contributed by atoms with Crippen molar-refractivity contribution in [1.29, 1.82) is 0 Å². The fourth-order valence-electron chi connectivity index (χ4n) is 3.36. The quantitative estimate of drug-likeness (QED) is 0.161. The lowest BCUT2D eigenvalue weighted by Gasteiger charge is -2.27. The van der Waals surface area contributed by atoms with Gasteiger partial charge in [0.25, 0.3) is 0 Å². The molecule has 6 unspecified atom stereocenters. The van der Waals surface area contributed by atoms with Crippen molar-refractivity contribution < 1.29 is 39.3 Å².